The zero-order valence-electron chi connectivity index (χ0n) is 10.7. The number of benzene rings is 1. The van der Waals surface area contributed by atoms with E-state index < -0.39 is 49.8 Å². The number of nitrogens with zero attached hydrogens (tertiary/aromatic N) is 1. The molecule has 0 saturated heterocycles. The molecular formula is C12H13F6NO2. The first-order chi connectivity index (χ1) is 9.58. The summed E-state index contributed by atoms with van der Waals surface area (Å²) >= 11 is 0. The zero-order chi connectivity index (χ0) is 16.3. The van der Waals surface area contributed by atoms with Crippen LogP contribution in [0, 0.1) is 0 Å². The van der Waals surface area contributed by atoms with Crippen molar-refractivity contribution in [3.8, 4) is 0 Å². The summed E-state index contributed by atoms with van der Waals surface area (Å²) in [5.41, 5.74) is -1.96. The number of alkyl halides is 6. The Bertz CT molecular complexity index is 472. The quantitative estimate of drug-likeness (QED) is 0.820. The van der Waals surface area contributed by atoms with Crippen LogP contribution in [0.5, 0.6) is 0 Å². The summed E-state index contributed by atoms with van der Waals surface area (Å²) in [4.78, 5) is 0.594. The molecule has 1 rings (SSSR count). The van der Waals surface area contributed by atoms with E-state index in [1.165, 1.54) is 0 Å². The Morgan fingerprint density at radius 3 is 2.05 bits per heavy atom. The highest BCUT2D eigenvalue weighted by atomic mass is 19.4. The fraction of sp³-hybridized carbons (Fsp3) is 0.500. The summed E-state index contributed by atoms with van der Waals surface area (Å²) in [6, 6.07) is 2.49. The van der Waals surface area contributed by atoms with Crippen LogP contribution in [0.25, 0.3) is 0 Å². The van der Waals surface area contributed by atoms with Gasteiger partial charge in [-0.25, -0.2) is 0 Å². The monoisotopic (exact) mass is 317 g/mol. The second kappa shape index (κ2) is 6.52. The Morgan fingerprint density at radius 2 is 1.62 bits per heavy atom. The summed E-state index contributed by atoms with van der Waals surface area (Å²) < 4.78 is 75.6. The minimum absolute atomic E-state index is 0.328. The SMILES string of the molecule is OCCN(CC(F)(F)F)c1ccc(CO)c(C(F)(F)F)c1. The summed E-state index contributed by atoms with van der Waals surface area (Å²) in [5.74, 6) is 0. The highest BCUT2D eigenvalue weighted by molar-refractivity contribution is 5.52. The van der Waals surface area contributed by atoms with Crippen LogP contribution in [0.1, 0.15) is 11.1 Å². The van der Waals surface area contributed by atoms with E-state index in [1.807, 2.05) is 0 Å². The maximum atomic E-state index is 12.8. The fourth-order valence-corrected chi connectivity index (χ4v) is 1.80. The van der Waals surface area contributed by atoms with Crippen LogP contribution in [0.3, 0.4) is 0 Å². The Morgan fingerprint density at radius 1 is 1.00 bits per heavy atom. The molecule has 9 heteroatoms. The van der Waals surface area contributed by atoms with Crippen LogP contribution in [0.2, 0.25) is 0 Å². The number of anilines is 1. The molecule has 0 aliphatic rings. The molecule has 120 valence electrons. The van der Waals surface area contributed by atoms with Gasteiger partial charge in [0.15, 0.2) is 0 Å². The molecule has 0 bridgehead atoms. The average molecular weight is 317 g/mol. The normalized spacial score (nSPS) is 12.6. The lowest BCUT2D eigenvalue weighted by atomic mass is 10.1. The van der Waals surface area contributed by atoms with Crippen molar-refractivity contribution in [3.05, 3.63) is 29.3 Å². The number of aliphatic hydroxyl groups excluding tert-OH is 2. The Hall–Kier alpha value is -1.48. The predicted octanol–water partition coefficient (Wildman–Crippen LogP) is 2.56. The average Bonchev–Trinajstić information content (AvgIpc) is 2.35. The smallest absolute Gasteiger partial charge is 0.395 e. The van der Waals surface area contributed by atoms with Gasteiger partial charge in [0.05, 0.1) is 18.8 Å². The lowest BCUT2D eigenvalue weighted by Crippen LogP contribution is -2.36. The van der Waals surface area contributed by atoms with Crippen molar-refractivity contribution >= 4 is 5.69 Å². The minimum atomic E-state index is -4.79. The van der Waals surface area contributed by atoms with E-state index in [1.54, 1.807) is 0 Å². The second-order valence-electron chi connectivity index (χ2n) is 4.26. The Kier molecular flexibility index (Phi) is 5.46. The van der Waals surface area contributed by atoms with Gasteiger partial charge in [0.2, 0.25) is 0 Å². The molecule has 1 aromatic rings. The van der Waals surface area contributed by atoms with E-state index in [0.717, 1.165) is 12.1 Å². The lowest BCUT2D eigenvalue weighted by Gasteiger charge is -2.26. The molecule has 1 aromatic carbocycles. The minimum Gasteiger partial charge on any atom is -0.395 e. The van der Waals surface area contributed by atoms with Crippen molar-refractivity contribution in [3.63, 3.8) is 0 Å². The standard InChI is InChI=1S/C12H13F6NO2/c13-11(14,15)7-19(3-4-20)9-2-1-8(6-21)10(5-9)12(16,17)18/h1-2,5,20-21H,3-4,6-7H2. The number of halogens is 6. The van der Waals surface area contributed by atoms with E-state index in [-0.39, 0.29) is 5.69 Å². The van der Waals surface area contributed by atoms with Gasteiger partial charge in [-0.1, -0.05) is 6.07 Å². The van der Waals surface area contributed by atoms with Gasteiger partial charge in [0.25, 0.3) is 0 Å². The summed E-state index contributed by atoms with van der Waals surface area (Å²) in [5, 5.41) is 17.6. The van der Waals surface area contributed by atoms with E-state index in [2.05, 4.69) is 0 Å². The molecule has 2 N–H and O–H groups in total. The third-order valence-electron chi connectivity index (χ3n) is 2.67. The van der Waals surface area contributed by atoms with Crippen molar-refractivity contribution in [1.82, 2.24) is 0 Å². The predicted molar refractivity (Wildman–Crippen MR) is 62.7 cm³/mol. The molecule has 0 aliphatic heterocycles. The maximum Gasteiger partial charge on any atom is 0.416 e. The van der Waals surface area contributed by atoms with Crippen molar-refractivity contribution in [2.45, 2.75) is 19.0 Å². The molecular weight excluding hydrogens is 304 g/mol. The van der Waals surface area contributed by atoms with E-state index in [9.17, 15) is 26.3 Å². The molecule has 0 aliphatic carbocycles. The van der Waals surface area contributed by atoms with Gasteiger partial charge in [0, 0.05) is 12.2 Å². The molecule has 0 aromatic heterocycles. The summed E-state index contributed by atoms with van der Waals surface area (Å²) in [7, 11) is 0. The van der Waals surface area contributed by atoms with Crippen LogP contribution >= 0.6 is 0 Å². The second-order valence-corrected chi connectivity index (χ2v) is 4.26. The summed E-state index contributed by atoms with van der Waals surface area (Å²) in [6.07, 6.45) is -9.42. The molecule has 0 unspecified atom stereocenters. The summed E-state index contributed by atoms with van der Waals surface area (Å²) in [6.45, 7) is -3.47. The molecule has 0 heterocycles. The highest BCUT2D eigenvalue weighted by Gasteiger charge is 2.35. The van der Waals surface area contributed by atoms with Gasteiger partial charge < -0.3 is 15.1 Å². The Balaban J connectivity index is 3.21. The number of hydrogen-bond acceptors (Lipinski definition) is 3. The van der Waals surface area contributed by atoms with Crippen molar-refractivity contribution < 1.29 is 36.6 Å². The molecule has 0 atom stereocenters. The fourth-order valence-electron chi connectivity index (χ4n) is 1.80. The third-order valence-corrected chi connectivity index (χ3v) is 2.67. The van der Waals surface area contributed by atoms with Gasteiger partial charge in [-0.15, -0.1) is 0 Å². The molecule has 0 spiro atoms. The maximum absolute atomic E-state index is 12.8. The molecule has 3 nitrogen and oxygen atoms in total. The lowest BCUT2D eigenvalue weighted by molar-refractivity contribution is -0.138. The topological polar surface area (TPSA) is 43.7 Å². The zero-order valence-corrected chi connectivity index (χ0v) is 10.7. The van der Waals surface area contributed by atoms with Gasteiger partial charge >= 0.3 is 12.4 Å². The van der Waals surface area contributed by atoms with Crippen LogP contribution in [0.15, 0.2) is 18.2 Å². The molecule has 0 amide bonds. The largest absolute Gasteiger partial charge is 0.416 e. The molecule has 0 saturated carbocycles. The van der Waals surface area contributed by atoms with Gasteiger partial charge in [-0.3, -0.25) is 0 Å². The van der Waals surface area contributed by atoms with Crippen LogP contribution in [0.4, 0.5) is 32.0 Å². The van der Waals surface area contributed by atoms with Crippen molar-refractivity contribution in [1.29, 1.82) is 0 Å². The first kappa shape index (κ1) is 17.6. The van der Waals surface area contributed by atoms with Crippen molar-refractivity contribution in [2.24, 2.45) is 0 Å². The highest BCUT2D eigenvalue weighted by Crippen LogP contribution is 2.35. The van der Waals surface area contributed by atoms with Gasteiger partial charge in [0.1, 0.15) is 6.54 Å². The van der Waals surface area contributed by atoms with E-state index >= 15 is 0 Å². The first-order valence-corrected chi connectivity index (χ1v) is 5.82. The van der Waals surface area contributed by atoms with Gasteiger partial charge in [-0.2, -0.15) is 26.3 Å². The third kappa shape index (κ3) is 5.09. The number of hydrogen-bond donors (Lipinski definition) is 2. The van der Waals surface area contributed by atoms with Crippen molar-refractivity contribution in [2.75, 3.05) is 24.6 Å². The van der Waals surface area contributed by atoms with Crippen LogP contribution in [-0.2, 0) is 12.8 Å². The van der Waals surface area contributed by atoms with E-state index in [4.69, 9.17) is 10.2 Å². The Labute approximate surface area is 116 Å². The molecule has 0 radical (unpaired) electrons. The van der Waals surface area contributed by atoms with Crippen LogP contribution < -0.4 is 4.90 Å². The van der Waals surface area contributed by atoms with E-state index in [0.29, 0.717) is 11.0 Å². The molecule has 0 fully saturated rings. The number of rotatable bonds is 5. The number of aliphatic hydroxyl groups is 2. The van der Waals surface area contributed by atoms with Gasteiger partial charge in [-0.05, 0) is 17.7 Å². The first-order valence-electron chi connectivity index (χ1n) is 5.82. The molecule has 21 heavy (non-hydrogen) atoms. The van der Waals surface area contributed by atoms with Crippen LogP contribution in [-0.4, -0.2) is 36.1 Å².